The minimum atomic E-state index is -0.816. The Kier molecular flexibility index (Phi) is 5.25. The molecule has 0 atom stereocenters. The van der Waals surface area contributed by atoms with Gasteiger partial charge >= 0.3 is 11.8 Å². The lowest BCUT2D eigenvalue weighted by atomic mass is 10.1. The fourth-order valence-corrected chi connectivity index (χ4v) is 2.77. The number of hydrogen-bond donors (Lipinski definition) is 2. The molecular formula is C21H16N4O5. The molecule has 4 aromatic rings. The third-order valence-corrected chi connectivity index (χ3v) is 4.22. The highest BCUT2D eigenvalue weighted by molar-refractivity contribution is 6.43. The molecule has 9 heteroatoms. The summed E-state index contributed by atoms with van der Waals surface area (Å²) in [6.45, 7) is 0. The van der Waals surface area contributed by atoms with E-state index in [2.05, 4.69) is 20.6 Å². The van der Waals surface area contributed by atoms with E-state index in [4.69, 9.17) is 13.6 Å². The molecule has 0 spiro atoms. The number of oxazole rings is 2. The van der Waals surface area contributed by atoms with Gasteiger partial charge in [0.15, 0.2) is 24.3 Å². The number of amides is 2. The molecule has 0 fully saturated rings. The van der Waals surface area contributed by atoms with Crippen LogP contribution in [0.1, 0.15) is 0 Å². The number of carbonyl (C=O) groups excluding carboxylic acids is 2. The van der Waals surface area contributed by atoms with Crippen molar-refractivity contribution in [2.75, 3.05) is 17.7 Å². The molecule has 0 radical (unpaired) electrons. The van der Waals surface area contributed by atoms with Gasteiger partial charge in [-0.15, -0.1) is 0 Å². The largest absolute Gasteiger partial charge is 0.496 e. The van der Waals surface area contributed by atoms with Crippen LogP contribution >= 0.6 is 0 Å². The van der Waals surface area contributed by atoms with Gasteiger partial charge in [0.1, 0.15) is 5.75 Å². The van der Waals surface area contributed by atoms with Crippen LogP contribution < -0.4 is 15.4 Å². The molecule has 2 aromatic heterocycles. The number of anilines is 2. The molecule has 0 aliphatic heterocycles. The number of ether oxygens (including phenoxy) is 1. The SMILES string of the molecule is COc1cc(NC(=O)C(=O)Nc2ccc(-c3cnco3)cc2)ccc1-c1cnco1. The third kappa shape index (κ3) is 4.04. The highest BCUT2D eigenvalue weighted by Gasteiger charge is 2.16. The predicted molar refractivity (Wildman–Crippen MR) is 108 cm³/mol. The number of aromatic nitrogens is 2. The maximum absolute atomic E-state index is 12.3. The fraction of sp³-hybridized carbons (Fsp3) is 0.0476. The molecule has 2 heterocycles. The molecule has 30 heavy (non-hydrogen) atoms. The second-order valence-corrected chi connectivity index (χ2v) is 6.13. The van der Waals surface area contributed by atoms with Gasteiger partial charge in [0, 0.05) is 23.0 Å². The highest BCUT2D eigenvalue weighted by Crippen LogP contribution is 2.32. The Labute approximate surface area is 170 Å². The van der Waals surface area contributed by atoms with Crippen molar-refractivity contribution in [1.29, 1.82) is 0 Å². The second-order valence-electron chi connectivity index (χ2n) is 6.13. The summed E-state index contributed by atoms with van der Waals surface area (Å²) >= 11 is 0. The Balaban J connectivity index is 1.41. The molecule has 2 amide bonds. The number of rotatable bonds is 5. The topological polar surface area (TPSA) is 119 Å². The molecule has 0 saturated heterocycles. The second kappa shape index (κ2) is 8.31. The molecular weight excluding hydrogens is 388 g/mol. The Hall–Kier alpha value is -4.40. The number of methoxy groups -OCH3 is 1. The number of carbonyl (C=O) groups is 2. The summed E-state index contributed by atoms with van der Waals surface area (Å²) in [5.74, 6) is -0.0259. The normalized spacial score (nSPS) is 10.4. The summed E-state index contributed by atoms with van der Waals surface area (Å²) in [4.78, 5) is 32.2. The van der Waals surface area contributed by atoms with Crippen molar-refractivity contribution in [1.82, 2.24) is 9.97 Å². The zero-order valence-electron chi connectivity index (χ0n) is 15.8. The molecule has 150 valence electrons. The van der Waals surface area contributed by atoms with Crippen molar-refractivity contribution in [2.24, 2.45) is 0 Å². The standard InChI is InChI=1S/C21H16N4O5/c1-28-17-8-15(6-7-16(17)19-10-23-12-30-19)25-21(27)20(26)24-14-4-2-13(3-5-14)18-9-22-11-29-18/h2-12H,1H3,(H,24,26)(H,25,27). The van der Waals surface area contributed by atoms with Crippen molar-refractivity contribution in [3.63, 3.8) is 0 Å². The van der Waals surface area contributed by atoms with Gasteiger partial charge in [-0.1, -0.05) is 0 Å². The molecule has 2 N–H and O–H groups in total. The van der Waals surface area contributed by atoms with Gasteiger partial charge in [-0.2, -0.15) is 0 Å². The van der Waals surface area contributed by atoms with E-state index in [1.807, 2.05) is 0 Å². The summed E-state index contributed by atoms with van der Waals surface area (Å²) in [5, 5.41) is 5.09. The van der Waals surface area contributed by atoms with E-state index in [0.717, 1.165) is 5.56 Å². The van der Waals surface area contributed by atoms with E-state index in [1.165, 1.54) is 19.9 Å². The molecule has 2 aromatic carbocycles. The van der Waals surface area contributed by atoms with Gasteiger partial charge in [-0.3, -0.25) is 9.59 Å². The first-order valence-electron chi connectivity index (χ1n) is 8.82. The lowest BCUT2D eigenvalue weighted by Crippen LogP contribution is -2.29. The minimum Gasteiger partial charge on any atom is -0.496 e. The monoisotopic (exact) mass is 404 g/mol. The summed E-state index contributed by atoms with van der Waals surface area (Å²) in [6.07, 6.45) is 5.79. The first kappa shape index (κ1) is 18.9. The first-order chi connectivity index (χ1) is 14.6. The Morgan fingerprint density at radius 2 is 1.43 bits per heavy atom. The minimum absolute atomic E-state index is 0.399. The van der Waals surface area contributed by atoms with Crippen LogP contribution in [-0.4, -0.2) is 28.9 Å². The number of nitrogens with one attached hydrogen (secondary N) is 2. The van der Waals surface area contributed by atoms with E-state index in [-0.39, 0.29) is 0 Å². The Morgan fingerprint density at radius 3 is 2.03 bits per heavy atom. The van der Waals surface area contributed by atoms with Crippen LogP contribution in [0.5, 0.6) is 5.75 Å². The molecule has 9 nitrogen and oxygen atoms in total. The van der Waals surface area contributed by atoms with Crippen molar-refractivity contribution in [2.45, 2.75) is 0 Å². The maximum atomic E-state index is 12.3. The quantitative estimate of drug-likeness (QED) is 0.488. The summed E-state index contributed by atoms with van der Waals surface area (Å²) in [5.41, 5.74) is 2.34. The van der Waals surface area contributed by atoms with Crippen molar-refractivity contribution in [3.8, 4) is 28.4 Å². The smallest absolute Gasteiger partial charge is 0.314 e. The molecule has 0 unspecified atom stereocenters. The van der Waals surface area contributed by atoms with Crippen LogP contribution in [0.15, 0.2) is 76.5 Å². The van der Waals surface area contributed by atoms with Crippen LogP contribution in [0, 0.1) is 0 Å². The third-order valence-electron chi connectivity index (χ3n) is 4.22. The summed E-state index contributed by atoms with van der Waals surface area (Å²) < 4.78 is 15.8. The molecule has 0 bridgehead atoms. The maximum Gasteiger partial charge on any atom is 0.314 e. The van der Waals surface area contributed by atoms with Crippen molar-refractivity contribution >= 4 is 23.2 Å². The predicted octanol–water partition coefficient (Wildman–Crippen LogP) is 3.58. The van der Waals surface area contributed by atoms with Crippen molar-refractivity contribution < 1.29 is 23.2 Å². The van der Waals surface area contributed by atoms with Gasteiger partial charge in [0.2, 0.25) is 0 Å². The van der Waals surface area contributed by atoms with Crippen LogP contribution in [0.25, 0.3) is 22.6 Å². The van der Waals surface area contributed by atoms with Gasteiger partial charge in [0.25, 0.3) is 0 Å². The molecule has 4 rings (SSSR count). The average Bonchev–Trinajstić information content (AvgIpc) is 3.48. The van der Waals surface area contributed by atoms with Gasteiger partial charge < -0.3 is 24.2 Å². The fourth-order valence-electron chi connectivity index (χ4n) is 2.77. The molecule has 0 saturated carbocycles. The summed E-state index contributed by atoms with van der Waals surface area (Å²) in [7, 11) is 1.50. The highest BCUT2D eigenvalue weighted by atomic mass is 16.5. The van der Waals surface area contributed by atoms with Crippen LogP contribution in [0.4, 0.5) is 11.4 Å². The average molecular weight is 404 g/mol. The van der Waals surface area contributed by atoms with Gasteiger partial charge in [0.05, 0.1) is 25.1 Å². The van der Waals surface area contributed by atoms with Gasteiger partial charge in [-0.05, 0) is 36.4 Å². The lowest BCUT2D eigenvalue weighted by Gasteiger charge is -2.10. The summed E-state index contributed by atoms with van der Waals surface area (Å²) in [6, 6.07) is 11.8. The van der Waals surface area contributed by atoms with E-state index in [0.29, 0.717) is 34.2 Å². The van der Waals surface area contributed by atoms with Crippen LogP contribution in [0.3, 0.4) is 0 Å². The first-order valence-corrected chi connectivity index (χ1v) is 8.82. The lowest BCUT2D eigenvalue weighted by molar-refractivity contribution is -0.132. The van der Waals surface area contributed by atoms with Gasteiger partial charge in [-0.25, -0.2) is 9.97 Å². The zero-order chi connectivity index (χ0) is 20.9. The Morgan fingerprint density at radius 1 is 0.833 bits per heavy atom. The zero-order valence-corrected chi connectivity index (χ0v) is 15.8. The van der Waals surface area contributed by atoms with Crippen LogP contribution in [0.2, 0.25) is 0 Å². The van der Waals surface area contributed by atoms with Crippen LogP contribution in [-0.2, 0) is 9.59 Å². The number of benzene rings is 2. The number of nitrogens with zero attached hydrogens (tertiary/aromatic N) is 2. The molecule has 0 aliphatic carbocycles. The molecule has 0 aliphatic rings. The Bertz CT molecular complexity index is 1150. The van der Waals surface area contributed by atoms with Crippen molar-refractivity contribution in [3.05, 3.63) is 67.6 Å². The number of hydrogen-bond acceptors (Lipinski definition) is 7. The van der Waals surface area contributed by atoms with E-state index >= 15 is 0 Å². The van der Waals surface area contributed by atoms with E-state index in [1.54, 1.807) is 54.9 Å². The van der Waals surface area contributed by atoms with E-state index < -0.39 is 11.8 Å². The van der Waals surface area contributed by atoms with E-state index in [9.17, 15) is 9.59 Å².